The molecule has 1 saturated carbocycles. The summed E-state index contributed by atoms with van der Waals surface area (Å²) in [6, 6.07) is 6.45. The molecule has 1 aromatic carbocycles. The third-order valence-electron chi connectivity index (χ3n) is 7.21. The zero-order valence-corrected chi connectivity index (χ0v) is 21.9. The van der Waals surface area contributed by atoms with E-state index in [1.54, 1.807) is 31.0 Å². The molecule has 3 aromatic heterocycles. The lowest BCUT2D eigenvalue weighted by Crippen LogP contribution is -2.26. The molecule has 4 aromatic rings. The number of ether oxygens (including phenoxy) is 1. The minimum absolute atomic E-state index is 0.193. The first-order chi connectivity index (χ1) is 18.2. The van der Waals surface area contributed by atoms with Gasteiger partial charge in [0.1, 0.15) is 11.9 Å². The first-order valence-corrected chi connectivity index (χ1v) is 12.8. The topological polar surface area (TPSA) is 104 Å². The highest BCUT2D eigenvalue weighted by Crippen LogP contribution is 2.40. The van der Waals surface area contributed by atoms with Gasteiger partial charge in [0.05, 0.1) is 23.6 Å². The third kappa shape index (κ3) is 4.19. The maximum atomic E-state index is 14.5. The molecule has 1 amide bonds. The number of hydrogen-bond acceptors (Lipinski definition) is 6. The molecule has 0 radical (unpaired) electrons. The van der Waals surface area contributed by atoms with Crippen molar-refractivity contribution < 1.29 is 13.9 Å². The Morgan fingerprint density at radius 2 is 2.05 bits per heavy atom. The van der Waals surface area contributed by atoms with E-state index in [1.807, 2.05) is 30.8 Å². The molecule has 1 aliphatic carbocycles. The Hall–Kier alpha value is -4.21. The van der Waals surface area contributed by atoms with Crippen molar-refractivity contribution in [3.05, 3.63) is 65.1 Å². The van der Waals surface area contributed by atoms with Crippen LogP contribution in [-0.4, -0.2) is 49.2 Å². The number of pyridine rings is 1. The molecule has 38 heavy (non-hydrogen) atoms. The van der Waals surface area contributed by atoms with Gasteiger partial charge in [-0.1, -0.05) is 0 Å². The number of hydrogen-bond donors (Lipinski definition) is 1. The second-order valence-electron chi connectivity index (χ2n) is 10.4. The van der Waals surface area contributed by atoms with Crippen molar-refractivity contribution in [3.8, 4) is 28.3 Å². The minimum atomic E-state index is -0.531. The van der Waals surface area contributed by atoms with Gasteiger partial charge in [0.15, 0.2) is 17.4 Å². The maximum Gasteiger partial charge on any atom is 0.289 e. The van der Waals surface area contributed by atoms with E-state index >= 15 is 0 Å². The van der Waals surface area contributed by atoms with Crippen molar-refractivity contribution in [3.63, 3.8) is 0 Å². The molecule has 1 fully saturated rings. The molecule has 1 atom stereocenters. The number of carbonyl (C=O) groups is 1. The third-order valence-corrected chi connectivity index (χ3v) is 7.21. The molecular weight excluding hydrogens is 485 g/mol. The Kier molecular flexibility index (Phi) is 5.70. The van der Waals surface area contributed by atoms with E-state index in [4.69, 9.17) is 20.6 Å². The van der Waals surface area contributed by atoms with E-state index in [-0.39, 0.29) is 17.5 Å². The highest BCUT2D eigenvalue weighted by Gasteiger charge is 2.31. The van der Waals surface area contributed by atoms with Crippen molar-refractivity contribution >= 4 is 11.7 Å². The molecule has 0 saturated heterocycles. The van der Waals surface area contributed by atoms with Crippen LogP contribution < -0.4 is 10.5 Å². The fraction of sp³-hybridized carbons (Fsp3) is 0.357. The largest absolute Gasteiger partial charge is 0.482 e. The van der Waals surface area contributed by atoms with Crippen LogP contribution >= 0.6 is 0 Å². The quantitative estimate of drug-likeness (QED) is 0.438. The highest BCUT2D eigenvalue weighted by molar-refractivity contribution is 5.92. The van der Waals surface area contributed by atoms with Crippen LogP contribution in [0.1, 0.15) is 53.3 Å². The summed E-state index contributed by atoms with van der Waals surface area (Å²) in [6.07, 6.45) is 6.17. The SMILES string of the molecule is C[C@H]1Oc2cc(cnc2N)-c2c(CC3CC3)nc(C(=O)N(C)C)n2Cc2cn(C)nc2-c2ccc(F)cc21. The zero-order valence-electron chi connectivity index (χ0n) is 21.9. The van der Waals surface area contributed by atoms with Crippen molar-refractivity contribution in [2.24, 2.45) is 13.0 Å². The Morgan fingerprint density at radius 1 is 1.26 bits per heavy atom. The Morgan fingerprint density at radius 3 is 2.79 bits per heavy atom. The number of nitrogens with zero attached hydrogens (tertiary/aromatic N) is 6. The van der Waals surface area contributed by atoms with E-state index in [1.165, 1.54) is 17.0 Å². The van der Waals surface area contributed by atoms with Crippen LogP contribution in [0.25, 0.3) is 22.5 Å². The summed E-state index contributed by atoms with van der Waals surface area (Å²) in [4.78, 5) is 24.3. The molecule has 2 bridgehead atoms. The van der Waals surface area contributed by atoms with E-state index in [9.17, 15) is 9.18 Å². The fourth-order valence-corrected chi connectivity index (χ4v) is 5.15. The van der Waals surface area contributed by atoms with Crippen LogP contribution in [0.5, 0.6) is 5.75 Å². The van der Waals surface area contributed by atoms with Gasteiger partial charge in [-0.2, -0.15) is 5.10 Å². The lowest BCUT2D eigenvalue weighted by molar-refractivity contribution is 0.0811. The van der Waals surface area contributed by atoms with Crippen molar-refractivity contribution in [2.75, 3.05) is 19.8 Å². The number of aromatic nitrogens is 5. The monoisotopic (exact) mass is 515 g/mol. The van der Waals surface area contributed by atoms with Crippen LogP contribution in [0, 0.1) is 11.7 Å². The summed E-state index contributed by atoms with van der Waals surface area (Å²) in [5, 5.41) is 4.75. The second-order valence-corrected chi connectivity index (χ2v) is 10.4. The van der Waals surface area contributed by atoms with E-state index < -0.39 is 6.10 Å². The summed E-state index contributed by atoms with van der Waals surface area (Å²) in [5.41, 5.74) is 11.6. The van der Waals surface area contributed by atoms with E-state index in [2.05, 4.69) is 4.98 Å². The number of fused-ring (bicyclic) bond motifs is 7. The van der Waals surface area contributed by atoms with Crippen LogP contribution in [0.4, 0.5) is 10.2 Å². The molecule has 10 heteroatoms. The number of halogens is 1. The van der Waals surface area contributed by atoms with Gasteiger partial charge in [-0.25, -0.2) is 14.4 Å². The van der Waals surface area contributed by atoms with Gasteiger partial charge in [-0.15, -0.1) is 0 Å². The predicted octanol–water partition coefficient (Wildman–Crippen LogP) is 4.22. The number of imidazole rings is 1. The van der Waals surface area contributed by atoms with Crippen LogP contribution in [0.2, 0.25) is 0 Å². The number of benzene rings is 1. The minimum Gasteiger partial charge on any atom is -0.482 e. The molecule has 2 N–H and O–H groups in total. The molecular formula is C28H30FN7O2. The van der Waals surface area contributed by atoms with Gasteiger partial charge >= 0.3 is 0 Å². The van der Waals surface area contributed by atoms with Crippen molar-refractivity contribution in [2.45, 2.75) is 38.8 Å². The lowest BCUT2D eigenvalue weighted by Gasteiger charge is -2.22. The maximum absolute atomic E-state index is 14.5. The molecule has 0 spiro atoms. The van der Waals surface area contributed by atoms with Gasteiger partial charge in [-0.3, -0.25) is 9.48 Å². The number of carbonyl (C=O) groups excluding carboxylic acids is 1. The Labute approximate surface area is 220 Å². The number of amides is 1. The normalized spacial score (nSPS) is 16.4. The van der Waals surface area contributed by atoms with Gasteiger partial charge in [0.2, 0.25) is 0 Å². The summed E-state index contributed by atoms with van der Waals surface area (Å²) in [5.74, 6) is 0.947. The lowest BCUT2D eigenvalue weighted by atomic mass is 9.97. The molecule has 4 heterocycles. The Balaban J connectivity index is 1.66. The molecule has 1 aliphatic heterocycles. The van der Waals surface area contributed by atoms with Crippen molar-refractivity contribution in [1.29, 1.82) is 0 Å². The molecule has 2 aliphatic rings. The van der Waals surface area contributed by atoms with Crippen molar-refractivity contribution in [1.82, 2.24) is 29.2 Å². The van der Waals surface area contributed by atoms with E-state index in [0.717, 1.165) is 47.3 Å². The molecule has 6 rings (SSSR count). The number of nitrogen functional groups attached to an aromatic ring is 1. The van der Waals surface area contributed by atoms with Gasteiger partial charge in [-0.05, 0) is 56.4 Å². The summed E-state index contributed by atoms with van der Waals surface area (Å²) in [7, 11) is 5.29. The van der Waals surface area contributed by atoms with Gasteiger partial charge < -0.3 is 19.9 Å². The summed E-state index contributed by atoms with van der Waals surface area (Å²) >= 11 is 0. The first-order valence-electron chi connectivity index (χ1n) is 12.8. The average molecular weight is 516 g/mol. The Bertz CT molecular complexity index is 1570. The molecule has 196 valence electrons. The van der Waals surface area contributed by atoms with Gasteiger partial charge in [0, 0.05) is 55.8 Å². The molecule has 9 nitrogen and oxygen atoms in total. The van der Waals surface area contributed by atoms with Crippen LogP contribution in [0.15, 0.2) is 36.7 Å². The number of nitrogens with two attached hydrogens (primary N) is 1. The zero-order chi connectivity index (χ0) is 26.7. The van der Waals surface area contributed by atoms with Gasteiger partial charge in [0.25, 0.3) is 5.91 Å². The number of anilines is 1. The summed E-state index contributed by atoms with van der Waals surface area (Å²) < 4.78 is 24.5. The van der Waals surface area contributed by atoms with Crippen LogP contribution in [-0.2, 0) is 20.0 Å². The van der Waals surface area contributed by atoms with E-state index in [0.29, 0.717) is 35.3 Å². The first kappa shape index (κ1) is 24.1. The average Bonchev–Trinajstić information content (AvgIpc) is 3.52. The standard InChI is InChI=1S/C28H30FN7O2/c1-15-21-11-19(29)7-8-20(21)24-18(13-35(4)33-24)14-36-25(17-10-23(38-15)26(30)31-12-17)22(9-16-5-6-16)32-27(36)28(37)34(2)3/h7-8,10-13,15-16H,5-6,9,14H2,1-4H3,(H2,30,31)/t15-/m1/s1. The number of aryl methyl sites for hydroxylation is 1. The number of rotatable bonds is 3. The molecule has 0 unspecified atom stereocenters. The smallest absolute Gasteiger partial charge is 0.289 e. The van der Waals surface area contributed by atoms with Crippen LogP contribution in [0.3, 0.4) is 0 Å². The predicted molar refractivity (Wildman–Crippen MR) is 141 cm³/mol. The second kappa shape index (κ2) is 8.97. The summed E-state index contributed by atoms with van der Waals surface area (Å²) in [6.45, 7) is 2.20. The fourth-order valence-electron chi connectivity index (χ4n) is 5.15. The highest BCUT2D eigenvalue weighted by atomic mass is 19.1.